The summed E-state index contributed by atoms with van der Waals surface area (Å²) in [6, 6.07) is 14.2. The van der Waals surface area contributed by atoms with E-state index in [0.717, 1.165) is 17.5 Å². The molecule has 0 spiro atoms. The number of hydrogen-bond acceptors (Lipinski definition) is 6. The SMILES string of the molecule is CCCCCCCCCCCCCCCC=CCc1cc(O)n(NC(=O)COc2ccc(C(=O)c3ccccc3)c(O)c2)c1O. The first-order valence-corrected chi connectivity index (χ1v) is 16.5. The van der Waals surface area contributed by atoms with Gasteiger partial charge in [0.05, 0.1) is 5.56 Å². The van der Waals surface area contributed by atoms with E-state index in [9.17, 15) is 24.9 Å². The van der Waals surface area contributed by atoms with Crippen molar-refractivity contribution < 1.29 is 29.6 Å². The number of phenols is 1. The Morgan fingerprint density at radius 1 is 0.778 bits per heavy atom. The molecule has 3 rings (SSSR count). The van der Waals surface area contributed by atoms with E-state index in [4.69, 9.17) is 4.74 Å². The number of hydrogen-bond donors (Lipinski definition) is 4. The fourth-order valence-corrected chi connectivity index (χ4v) is 5.25. The summed E-state index contributed by atoms with van der Waals surface area (Å²) in [5.41, 5.74) is 3.45. The van der Waals surface area contributed by atoms with Gasteiger partial charge in [0, 0.05) is 23.3 Å². The molecule has 0 aliphatic rings. The van der Waals surface area contributed by atoms with Crippen molar-refractivity contribution in [1.82, 2.24) is 4.68 Å². The van der Waals surface area contributed by atoms with Gasteiger partial charge in [-0.3, -0.25) is 15.0 Å². The second-order valence-corrected chi connectivity index (χ2v) is 11.6. The predicted octanol–water partition coefficient (Wildman–Crippen LogP) is 8.57. The number of aromatic hydroxyl groups is 3. The molecule has 1 heterocycles. The van der Waals surface area contributed by atoms with E-state index in [0.29, 0.717) is 17.5 Å². The lowest BCUT2D eigenvalue weighted by Gasteiger charge is -2.11. The fourth-order valence-electron chi connectivity index (χ4n) is 5.25. The first kappa shape index (κ1) is 35.3. The van der Waals surface area contributed by atoms with Gasteiger partial charge < -0.3 is 20.1 Å². The minimum Gasteiger partial charge on any atom is -0.507 e. The van der Waals surface area contributed by atoms with Crippen LogP contribution in [0.5, 0.6) is 23.3 Å². The zero-order valence-corrected chi connectivity index (χ0v) is 26.7. The molecule has 8 heteroatoms. The van der Waals surface area contributed by atoms with Crippen molar-refractivity contribution in [2.24, 2.45) is 0 Å². The van der Waals surface area contributed by atoms with Crippen molar-refractivity contribution in [3.63, 3.8) is 0 Å². The van der Waals surface area contributed by atoms with Crippen LogP contribution in [-0.4, -0.2) is 38.3 Å². The Balaban J connectivity index is 1.31. The first-order chi connectivity index (χ1) is 21.9. The van der Waals surface area contributed by atoms with Gasteiger partial charge in [-0.15, -0.1) is 0 Å². The van der Waals surface area contributed by atoms with Crippen LogP contribution in [0.25, 0.3) is 0 Å². The lowest BCUT2D eigenvalue weighted by atomic mass is 10.0. The largest absolute Gasteiger partial charge is 0.507 e. The van der Waals surface area contributed by atoms with Gasteiger partial charge in [0.2, 0.25) is 11.8 Å². The van der Waals surface area contributed by atoms with Gasteiger partial charge in [-0.1, -0.05) is 126 Å². The topological polar surface area (TPSA) is 121 Å². The third kappa shape index (κ3) is 12.4. The molecule has 4 N–H and O–H groups in total. The Kier molecular flexibility index (Phi) is 15.6. The third-order valence-corrected chi connectivity index (χ3v) is 7.87. The van der Waals surface area contributed by atoms with Crippen LogP contribution in [0.3, 0.4) is 0 Å². The summed E-state index contributed by atoms with van der Waals surface area (Å²) in [7, 11) is 0. The van der Waals surface area contributed by atoms with Crippen LogP contribution in [0, 0.1) is 0 Å². The summed E-state index contributed by atoms with van der Waals surface area (Å²) in [6.07, 6.45) is 22.7. The molecule has 1 aromatic heterocycles. The van der Waals surface area contributed by atoms with Gasteiger partial charge in [-0.2, -0.15) is 4.68 Å². The molecule has 0 radical (unpaired) electrons. The number of benzene rings is 2. The smallest absolute Gasteiger partial charge is 0.276 e. The Bertz CT molecular complexity index is 1350. The number of carbonyl (C=O) groups is 2. The van der Waals surface area contributed by atoms with Crippen LogP contribution in [0.1, 0.15) is 118 Å². The highest BCUT2D eigenvalue weighted by Crippen LogP contribution is 2.28. The van der Waals surface area contributed by atoms with Crippen molar-refractivity contribution in [2.75, 3.05) is 12.0 Å². The normalized spacial score (nSPS) is 11.2. The van der Waals surface area contributed by atoms with E-state index in [-0.39, 0.29) is 34.6 Å². The number of nitrogens with one attached hydrogen (secondary N) is 1. The number of nitrogens with zero attached hydrogens (tertiary/aromatic N) is 1. The molecule has 0 aliphatic heterocycles. The van der Waals surface area contributed by atoms with Crippen LogP contribution in [0.2, 0.25) is 0 Å². The standard InChI is InChI=1S/C37H50N2O6/c1-2-3-4-5-6-7-8-9-10-11-12-13-14-15-16-18-23-30-26-35(42)39(37(30)44)38-34(41)28-45-31-24-25-32(33(40)27-31)36(43)29-21-19-17-20-22-29/h16-22,24-27,40,42,44H,2-15,23,28H2,1H3,(H,38,41). The number of ether oxygens (including phenoxy) is 1. The number of phenolic OH excluding ortho intramolecular Hbond substituents is 1. The maximum Gasteiger partial charge on any atom is 0.276 e. The Morgan fingerprint density at radius 2 is 1.40 bits per heavy atom. The van der Waals surface area contributed by atoms with Crippen LogP contribution < -0.4 is 10.2 Å². The molecule has 45 heavy (non-hydrogen) atoms. The van der Waals surface area contributed by atoms with E-state index in [1.54, 1.807) is 30.3 Å². The molecule has 2 aromatic carbocycles. The van der Waals surface area contributed by atoms with Crippen molar-refractivity contribution in [3.8, 4) is 23.3 Å². The van der Waals surface area contributed by atoms with Gasteiger partial charge in [-0.25, -0.2) is 0 Å². The molecule has 244 valence electrons. The van der Waals surface area contributed by atoms with E-state index in [2.05, 4.69) is 18.4 Å². The minimum atomic E-state index is -0.635. The van der Waals surface area contributed by atoms with Gasteiger partial charge in [-0.05, 0) is 31.4 Å². The van der Waals surface area contributed by atoms with Gasteiger partial charge >= 0.3 is 0 Å². The van der Waals surface area contributed by atoms with E-state index in [1.807, 2.05) is 6.08 Å². The second kappa shape index (κ2) is 20.0. The molecule has 0 unspecified atom stereocenters. The maximum absolute atomic E-state index is 12.6. The van der Waals surface area contributed by atoms with Crippen molar-refractivity contribution >= 4 is 11.7 Å². The summed E-state index contributed by atoms with van der Waals surface area (Å²) >= 11 is 0. The first-order valence-electron chi connectivity index (χ1n) is 16.5. The summed E-state index contributed by atoms with van der Waals surface area (Å²) in [5.74, 6) is -1.61. The van der Waals surface area contributed by atoms with Crippen LogP contribution in [0.15, 0.2) is 66.7 Å². The van der Waals surface area contributed by atoms with Crippen molar-refractivity contribution in [1.29, 1.82) is 0 Å². The number of allylic oxidation sites excluding steroid dienone is 2. The molecule has 0 fully saturated rings. The molecular formula is C37H50N2O6. The number of amides is 1. The van der Waals surface area contributed by atoms with Gasteiger partial charge in [0.25, 0.3) is 5.91 Å². The molecule has 0 bridgehead atoms. The highest BCUT2D eigenvalue weighted by atomic mass is 16.5. The van der Waals surface area contributed by atoms with Crippen molar-refractivity contribution in [2.45, 2.75) is 103 Å². The predicted molar refractivity (Wildman–Crippen MR) is 179 cm³/mol. The molecule has 8 nitrogen and oxygen atoms in total. The summed E-state index contributed by atoms with van der Waals surface area (Å²) in [5, 5.41) is 31.1. The third-order valence-electron chi connectivity index (χ3n) is 7.87. The highest BCUT2D eigenvalue weighted by molar-refractivity contribution is 6.10. The molecule has 0 atom stereocenters. The van der Waals surface area contributed by atoms with Crippen LogP contribution in [0.4, 0.5) is 0 Å². The average molecular weight is 619 g/mol. The lowest BCUT2D eigenvalue weighted by molar-refractivity contribution is -0.119. The highest BCUT2D eigenvalue weighted by Gasteiger charge is 2.17. The van der Waals surface area contributed by atoms with E-state index < -0.39 is 12.5 Å². The molecular weight excluding hydrogens is 568 g/mol. The summed E-state index contributed by atoms with van der Waals surface area (Å²) in [4.78, 5) is 25.1. The Hall–Kier alpha value is -4.20. The minimum absolute atomic E-state index is 0.117. The fraction of sp³-hybridized carbons (Fsp3) is 0.459. The molecule has 0 aliphatic carbocycles. The van der Waals surface area contributed by atoms with Gasteiger partial charge in [0.1, 0.15) is 11.5 Å². The number of unbranched alkanes of at least 4 members (excludes halogenated alkanes) is 13. The Labute approximate surface area is 267 Å². The summed E-state index contributed by atoms with van der Waals surface area (Å²) < 4.78 is 6.34. The summed E-state index contributed by atoms with van der Waals surface area (Å²) in [6.45, 7) is 1.81. The second-order valence-electron chi connectivity index (χ2n) is 11.6. The molecule has 0 saturated heterocycles. The van der Waals surface area contributed by atoms with E-state index >= 15 is 0 Å². The maximum atomic E-state index is 12.6. The molecule has 3 aromatic rings. The van der Waals surface area contributed by atoms with Crippen molar-refractivity contribution in [3.05, 3.63) is 83.4 Å². The monoisotopic (exact) mass is 618 g/mol. The van der Waals surface area contributed by atoms with Crippen LogP contribution in [-0.2, 0) is 11.2 Å². The lowest BCUT2D eigenvalue weighted by Crippen LogP contribution is -2.27. The zero-order chi connectivity index (χ0) is 32.3. The quantitative estimate of drug-likeness (QED) is 0.0509. The number of ketones is 1. The molecule has 0 saturated carbocycles. The van der Waals surface area contributed by atoms with E-state index in [1.165, 1.54) is 101 Å². The molecule has 1 amide bonds. The average Bonchev–Trinajstić information content (AvgIpc) is 3.31. The Morgan fingerprint density at radius 3 is 2.02 bits per heavy atom. The van der Waals surface area contributed by atoms with Crippen LogP contribution >= 0.6 is 0 Å². The number of aromatic nitrogens is 1. The number of rotatable bonds is 22. The van der Waals surface area contributed by atoms with Gasteiger partial charge in [0.15, 0.2) is 12.4 Å². The zero-order valence-electron chi connectivity index (χ0n) is 26.7. The number of carbonyl (C=O) groups excluding carboxylic acids is 2.